The van der Waals surface area contributed by atoms with E-state index in [1.807, 2.05) is 57.2 Å². The number of urea groups is 1. The summed E-state index contributed by atoms with van der Waals surface area (Å²) >= 11 is 0. The molecule has 0 bridgehead atoms. The predicted molar refractivity (Wildman–Crippen MR) is 162 cm³/mol. The van der Waals surface area contributed by atoms with Gasteiger partial charge < -0.3 is 20.5 Å². The molecule has 2 aliphatic rings. The first-order chi connectivity index (χ1) is 20.6. The number of hydrogen-bond acceptors (Lipinski definition) is 7. The number of benzene rings is 2. The van der Waals surface area contributed by atoms with Gasteiger partial charge in [-0.05, 0) is 59.3 Å². The van der Waals surface area contributed by atoms with Crippen LogP contribution < -0.4 is 16.1 Å². The molecule has 2 aromatic rings. The highest BCUT2D eigenvalue weighted by molar-refractivity contribution is 5.80. The van der Waals surface area contributed by atoms with Crippen LogP contribution >= 0.6 is 0 Å². The van der Waals surface area contributed by atoms with Gasteiger partial charge in [0, 0.05) is 25.1 Å². The third-order valence-corrected chi connectivity index (χ3v) is 8.38. The Balaban J connectivity index is 1.32. The number of carboxylic acids is 1. The number of alkyl carbamates (subject to hydrolysis) is 1. The lowest BCUT2D eigenvalue weighted by Crippen LogP contribution is -2.43. The fourth-order valence-corrected chi connectivity index (χ4v) is 5.81. The summed E-state index contributed by atoms with van der Waals surface area (Å²) < 4.78 is 5.67. The number of carboxylic acid groups (broad SMARTS) is 1. The Hall–Kier alpha value is -3.96. The lowest BCUT2D eigenvalue weighted by Gasteiger charge is -2.30. The van der Waals surface area contributed by atoms with Crippen LogP contribution in [-0.4, -0.2) is 60.0 Å². The van der Waals surface area contributed by atoms with Crippen LogP contribution in [0.25, 0.3) is 11.1 Å². The smallest absolute Gasteiger partial charge is 0.407 e. The van der Waals surface area contributed by atoms with Gasteiger partial charge in [-0.1, -0.05) is 69.3 Å². The number of nitrogens with zero attached hydrogens (tertiary/aromatic N) is 1. The molecule has 2 atom stereocenters. The number of amides is 3. The molecular formula is C32H42N4O7. The molecular weight excluding hydrogens is 552 g/mol. The lowest BCUT2D eigenvalue weighted by molar-refractivity contribution is -0.300. The molecule has 11 nitrogen and oxygen atoms in total. The van der Waals surface area contributed by atoms with Crippen molar-refractivity contribution in [2.24, 2.45) is 22.4 Å². The second kappa shape index (κ2) is 14.5. The van der Waals surface area contributed by atoms with Crippen molar-refractivity contribution in [2.75, 3.05) is 13.2 Å². The van der Waals surface area contributed by atoms with Crippen molar-refractivity contribution in [3.63, 3.8) is 0 Å². The average Bonchev–Trinajstić information content (AvgIpc) is 3.30. The van der Waals surface area contributed by atoms with Crippen LogP contribution in [0.2, 0.25) is 0 Å². The van der Waals surface area contributed by atoms with Crippen LogP contribution in [0.3, 0.4) is 0 Å². The molecule has 0 aromatic heterocycles. The maximum atomic E-state index is 13.0. The van der Waals surface area contributed by atoms with E-state index in [0.717, 1.165) is 35.1 Å². The molecule has 1 unspecified atom stereocenters. The van der Waals surface area contributed by atoms with E-state index >= 15 is 0 Å². The van der Waals surface area contributed by atoms with E-state index in [1.54, 1.807) is 0 Å². The molecule has 0 aliphatic heterocycles. The number of hydrogen-bond donors (Lipinski definition) is 5. The summed E-state index contributed by atoms with van der Waals surface area (Å²) in [5.41, 5.74) is 6.41. The van der Waals surface area contributed by atoms with Gasteiger partial charge in [0.1, 0.15) is 6.61 Å². The molecule has 0 saturated heterocycles. The molecule has 4 rings (SSSR count). The first-order valence-electron chi connectivity index (χ1n) is 14.8. The van der Waals surface area contributed by atoms with Crippen LogP contribution in [0, 0.1) is 17.3 Å². The molecule has 2 aliphatic carbocycles. The van der Waals surface area contributed by atoms with Crippen molar-refractivity contribution in [3.05, 3.63) is 59.7 Å². The van der Waals surface area contributed by atoms with Gasteiger partial charge in [-0.3, -0.25) is 10.1 Å². The molecule has 1 saturated carbocycles. The Kier molecular flexibility index (Phi) is 10.8. The van der Waals surface area contributed by atoms with Crippen LogP contribution in [0.5, 0.6) is 0 Å². The molecule has 5 N–H and O–H groups in total. The topological polar surface area (TPSA) is 159 Å². The van der Waals surface area contributed by atoms with Gasteiger partial charge in [0.05, 0.1) is 18.1 Å². The van der Waals surface area contributed by atoms with Gasteiger partial charge in [-0.15, -0.1) is 0 Å². The Labute approximate surface area is 252 Å². The molecule has 43 heavy (non-hydrogen) atoms. The van der Waals surface area contributed by atoms with Gasteiger partial charge in [0.25, 0.3) is 0 Å². The summed E-state index contributed by atoms with van der Waals surface area (Å²) in [6.07, 6.45) is 2.92. The third-order valence-electron chi connectivity index (χ3n) is 8.38. The molecule has 2 aromatic carbocycles. The standard InChI is InChI=1S/C32H42N4O7/c1-32(2,3)28(43-41)16-22(18-34-36-30(39)33-17-20-12-14-21(15-13-20)29(37)38)35-31(40)42-19-27-25-10-6-4-8-23(25)24-9-5-7-11-26(24)27/h4-11,18,20-22,27-28,41H,12-17,19H2,1-3H3,(H,35,40)(H,37,38)(H2,33,36,39)/b34-18-/t20?,21?,22-,28?/m0/s1. The highest BCUT2D eigenvalue weighted by Gasteiger charge is 2.31. The number of carbonyl (C=O) groups is 3. The molecule has 3 amide bonds. The predicted octanol–water partition coefficient (Wildman–Crippen LogP) is 5.36. The largest absolute Gasteiger partial charge is 0.481 e. The van der Waals surface area contributed by atoms with E-state index in [4.69, 9.17) is 14.7 Å². The van der Waals surface area contributed by atoms with E-state index in [2.05, 4.69) is 33.3 Å². The normalized spacial score (nSPS) is 19.6. The number of rotatable bonds is 11. The molecule has 11 heteroatoms. The van der Waals surface area contributed by atoms with Crippen molar-refractivity contribution in [3.8, 4) is 11.1 Å². The van der Waals surface area contributed by atoms with Gasteiger partial charge in [0.15, 0.2) is 0 Å². The van der Waals surface area contributed by atoms with Crippen molar-refractivity contribution in [2.45, 2.75) is 70.9 Å². The Morgan fingerprint density at radius 2 is 1.60 bits per heavy atom. The first-order valence-corrected chi connectivity index (χ1v) is 14.8. The van der Waals surface area contributed by atoms with Gasteiger partial charge in [-0.2, -0.15) is 5.10 Å². The summed E-state index contributed by atoms with van der Waals surface area (Å²) in [6, 6.07) is 14.9. The number of carbonyl (C=O) groups excluding carboxylic acids is 2. The number of ether oxygens (including phenoxy) is 1. The minimum absolute atomic E-state index is 0.0992. The van der Waals surface area contributed by atoms with Crippen LogP contribution in [0.1, 0.15) is 69.9 Å². The average molecular weight is 595 g/mol. The number of nitrogens with one attached hydrogen (secondary N) is 3. The SMILES string of the molecule is CC(C)(C)C(C[C@@H](/C=N\NC(=O)NCC1CCC(C(=O)O)CC1)NC(=O)OCC1c2ccccc2-c2ccccc21)OO. The van der Waals surface area contributed by atoms with Crippen LogP contribution in [0.4, 0.5) is 9.59 Å². The Morgan fingerprint density at radius 3 is 2.16 bits per heavy atom. The number of hydrazone groups is 1. The van der Waals surface area contributed by atoms with Crippen molar-refractivity contribution < 1.29 is 34.4 Å². The second-order valence-electron chi connectivity index (χ2n) is 12.4. The van der Waals surface area contributed by atoms with Crippen molar-refractivity contribution in [1.82, 2.24) is 16.1 Å². The summed E-state index contributed by atoms with van der Waals surface area (Å²) in [6.45, 7) is 6.23. The molecule has 1 fully saturated rings. The summed E-state index contributed by atoms with van der Waals surface area (Å²) in [5, 5.41) is 28.2. The van der Waals surface area contributed by atoms with E-state index in [9.17, 15) is 19.6 Å². The van der Waals surface area contributed by atoms with E-state index in [0.29, 0.717) is 19.4 Å². The molecule has 232 valence electrons. The van der Waals surface area contributed by atoms with Crippen molar-refractivity contribution in [1.29, 1.82) is 0 Å². The summed E-state index contributed by atoms with van der Waals surface area (Å²) in [4.78, 5) is 41.2. The Morgan fingerprint density at radius 1 is 1.00 bits per heavy atom. The quantitative estimate of drug-likeness (QED) is 0.133. The van der Waals surface area contributed by atoms with Crippen molar-refractivity contribution >= 4 is 24.3 Å². The molecule has 0 radical (unpaired) electrons. The van der Waals surface area contributed by atoms with Gasteiger partial charge in [0.2, 0.25) is 0 Å². The number of fused-ring (bicyclic) bond motifs is 3. The monoisotopic (exact) mass is 594 g/mol. The summed E-state index contributed by atoms with van der Waals surface area (Å²) in [7, 11) is 0. The second-order valence-corrected chi connectivity index (χ2v) is 12.4. The lowest BCUT2D eigenvalue weighted by atomic mass is 9.82. The number of aliphatic carboxylic acids is 1. The highest BCUT2D eigenvalue weighted by atomic mass is 17.1. The maximum absolute atomic E-state index is 13.0. The Bertz CT molecular complexity index is 1260. The zero-order valence-corrected chi connectivity index (χ0v) is 24.9. The van der Waals surface area contributed by atoms with Gasteiger partial charge >= 0.3 is 18.1 Å². The highest BCUT2D eigenvalue weighted by Crippen LogP contribution is 2.44. The van der Waals surface area contributed by atoms with Gasteiger partial charge in [-0.25, -0.2) is 19.9 Å². The fourth-order valence-electron chi connectivity index (χ4n) is 5.81. The minimum Gasteiger partial charge on any atom is -0.481 e. The fraction of sp³-hybridized carbons (Fsp3) is 0.500. The zero-order chi connectivity index (χ0) is 31.0. The summed E-state index contributed by atoms with van der Waals surface area (Å²) in [5.74, 6) is -0.962. The van der Waals surface area contributed by atoms with Crippen LogP contribution in [-0.2, 0) is 14.4 Å². The van der Waals surface area contributed by atoms with E-state index in [-0.39, 0.29) is 30.8 Å². The molecule has 0 spiro atoms. The maximum Gasteiger partial charge on any atom is 0.407 e. The minimum atomic E-state index is -0.764. The van der Waals surface area contributed by atoms with E-state index in [1.165, 1.54) is 6.21 Å². The van der Waals surface area contributed by atoms with Crippen LogP contribution in [0.15, 0.2) is 53.6 Å². The first kappa shape index (κ1) is 32.0. The zero-order valence-electron chi connectivity index (χ0n) is 24.9. The van der Waals surface area contributed by atoms with E-state index < -0.39 is 35.7 Å². The third kappa shape index (κ3) is 8.55. The molecule has 0 heterocycles.